The molecule has 1 amide bonds. The summed E-state index contributed by atoms with van der Waals surface area (Å²) in [6.07, 6.45) is 0. The summed E-state index contributed by atoms with van der Waals surface area (Å²) in [6.45, 7) is 3.15. The van der Waals surface area contributed by atoms with Crippen molar-refractivity contribution in [3.05, 3.63) is 87.2 Å². The van der Waals surface area contributed by atoms with Crippen molar-refractivity contribution < 1.29 is 9.59 Å². The van der Waals surface area contributed by atoms with Gasteiger partial charge in [0.2, 0.25) is 0 Å². The van der Waals surface area contributed by atoms with Crippen molar-refractivity contribution in [3.8, 4) is 22.4 Å². The highest BCUT2D eigenvalue weighted by Crippen LogP contribution is 2.32. The Kier molecular flexibility index (Phi) is 5.79. The average Bonchev–Trinajstić information content (AvgIpc) is 3.16. The van der Waals surface area contributed by atoms with Crippen molar-refractivity contribution in [2.24, 2.45) is 7.05 Å². The molecule has 2 aromatic carbocycles. The Balaban J connectivity index is 1.92. The molecule has 0 unspecified atom stereocenters. The molecule has 0 spiro atoms. The van der Waals surface area contributed by atoms with Crippen molar-refractivity contribution in [1.82, 2.24) is 14.8 Å². The van der Waals surface area contributed by atoms with Crippen molar-refractivity contribution in [3.63, 3.8) is 0 Å². The summed E-state index contributed by atoms with van der Waals surface area (Å²) in [5, 5.41) is 7.44. The van der Waals surface area contributed by atoms with Gasteiger partial charge in [0, 0.05) is 25.1 Å². The molecule has 0 fully saturated rings. The third-order valence-electron chi connectivity index (χ3n) is 4.92. The van der Waals surface area contributed by atoms with Gasteiger partial charge >= 0.3 is 0 Å². The Morgan fingerprint density at radius 3 is 2.12 bits per heavy atom. The van der Waals surface area contributed by atoms with Crippen LogP contribution in [-0.2, 0) is 7.05 Å². The number of aryl methyl sites for hydroxylation is 2. The number of nitrogens with zero attached hydrogens (tertiary/aromatic N) is 3. The van der Waals surface area contributed by atoms with Crippen LogP contribution in [0, 0.1) is 6.92 Å². The first-order valence-corrected chi connectivity index (χ1v) is 10.7. The molecule has 0 radical (unpaired) electrons. The summed E-state index contributed by atoms with van der Waals surface area (Å²) in [5.74, 6) is -0.732. The Labute approximate surface area is 188 Å². The molecule has 2 heterocycles. The van der Waals surface area contributed by atoms with Crippen molar-refractivity contribution in [2.45, 2.75) is 13.8 Å². The maximum atomic E-state index is 13.4. The molecule has 2 aromatic heterocycles. The van der Waals surface area contributed by atoms with E-state index < -0.39 is 11.5 Å². The molecule has 4 rings (SSSR count). The quantitative estimate of drug-likeness (QED) is 0.462. The number of hydrogen-bond acceptors (Lipinski definition) is 6. The second-order valence-electron chi connectivity index (χ2n) is 7.20. The highest BCUT2D eigenvalue weighted by Gasteiger charge is 2.25. The van der Waals surface area contributed by atoms with Crippen LogP contribution >= 0.6 is 11.3 Å². The number of aromatic nitrogens is 3. The summed E-state index contributed by atoms with van der Waals surface area (Å²) in [4.78, 5) is 43.0. The Hall–Kier alpha value is -3.91. The Morgan fingerprint density at radius 2 is 1.56 bits per heavy atom. The third kappa shape index (κ3) is 4.00. The monoisotopic (exact) mass is 444 g/mol. The molecule has 160 valence electrons. The number of ketones is 1. The lowest BCUT2D eigenvalue weighted by Gasteiger charge is -2.15. The van der Waals surface area contributed by atoms with Gasteiger partial charge in [0.1, 0.15) is 5.56 Å². The lowest BCUT2D eigenvalue weighted by molar-refractivity contribution is 0.101. The van der Waals surface area contributed by atoms with Crippen LogP contribution < -0.4 is 10.9 Å². The average molecular weight is 445 g/mol. The smallest absolute Gasteiger partial charge is 0.280 e. The summed E-state index contributed by atoms with van der Waals surface area (Å²) < 4.78 is 1.16. The first-order chi connectivity index (χ1) is 15.4. The van der Waals surface area contributed by atoms with E-state index >= 15 is 0 Å². The van der Waals surface area contributed by atoms with E-state index in [1.807, 2.05) is 60.7 Å². The molecule has 32 heavy (non-hydrogen) atoms. The van der Waals surface area contributed by atoms with Gasteiger partial charge in [-0.2, -0.15) is 5.10 Å². The number of anilines is 1. The van der Waals surface area contributed by atoms with Crippen LogP contribution in [0.15, 0.2) is 65.5 Å². The van der Waals surface area contributed by atoms with E-state index in [1.54, 1.807) is 6.92 Å². The molecule has 0 aliphatic heterocycles. The van der Waals surface area contributed by atoms with Gasteiger partial charge in [-0.05, 0) is 12.5 Å². The van der Waals surface area contributed by atoms with Crippen LogP contribution in [0.5, 0.6) is 0 Å². The van der Waals surface area contributed by atoms with Crippen molar-refractivity contribution in [1.29, 1.82) is 0 Å². The van der Waals surface area contributed by atoms with Crippen LogP contribution in [0.1, 0.15) is 32.6 Å². The van der Waals surface area contributed by atoms with Gasteiger partial charge in [0.25, 0.3) is 11.5 Å². The molecular weight excluding hydrogens is 424 g/mol. The lowest BCUT2D eigenvalue weighted by atomic mass is 9.95. The van der Waals surface area contributed by atoms with Gasteiger partial charge in [0.15, 0.2) is 10.9 Å². The first-order valence-electron chi connectivity index (χ1n) is 9.88. The van der Waals surface area contributed by atoms with Gasteiger partial charge in [-0.25, -0.2) is 9.67 Å². The van der Waals surface area contributed by atoms with Crippen LogP contribution in [0.2, 0.25) is 0 Å². The summed E-state index contributed by atoms with van der Waals surface area (Å²) >= 11 is 1.09. The standard InChI is InChI=1S/C24H20N4O3S/c1-14-21(15(2)29)32-24(25-14)26-22(30)19-18(16-10-6-4-7-11-16)20(27-28(3)23(19)31)17-12-8-5-9-13-17/h4-13H,1-3H3,(H,25,26,30). The van der Waals surface area contributed by atoms with Crippen LogP contribution in [0.4, 0.5) is 5.13 Å². The number of carbonyl (C=O) groups excluding carboxylic acids is 2. The summed E-state index contributed by atoms with van der Waals surface area (Å²) in [6, 6.07) is 18.6. The molecule has 8 heteroatoms. The second-order valence-corrected chi connectivity index (χ2v) is 8.20. The third-order valence-corrected chi connectivity index (χ3v) is 6.09. The topological polar surface area (TPSA) is 94.0 Å². The zero-order chi connectivity index (χ0) is 22.8. The minimum atomic E-state index is -0.604. The van der Waals surface area contributed by atoms with Crippen molar-refractivity contribution >= 4 is 28.2 Å². The number of benzene rings is 2. The number of hydrogen-bond donors (Lipinski definition) is 1. The van der Waals surface area contributed by atoms with Crippen molar-refractivity contribution in [2.75, 3.05) is 5.32 Å². The zero-order valence-corrected chi connectivity index (χ0v) is 18.6. The highest BCUT2D eigenvalue weighted by molar-refractivity contribution is 7.17. The molecule has 1 N–H and O–H groups in total. The molecule has 0 atom stereocenters. The van der Waals surface area contributed by atoms with Gasteiger partial charge in [-0.1, -0.05) is 72.0 Å². The van der Waals surface area contributed by atoms with E-state index in [0.717, 1.165) is 21.6 Å². The van der Waals surface area contributed by atoms with E-state index in [9.17, 15) is 14.4 Å². The number of amides is 1. The number of Topliss-reactive ketones (excluding diaryl/α,β-unsaturated/α-hetero) is 1. The van der Waals surface area contributed by atoms with E-state index in [4.69, 9.17) is 0 Å². The van der Waals surface area contributed by atoms with E-state index in [0.29, 0.717) is 27.4 Å². The Bertz CT molecular complexity index is 1380. The number of thiazole rings is 1. The fourth-order valence-electron chi connectivity index (χ4n) is 3.46. The van der Waals surface area contributed by atoms with E-state index in [1.165, 1.54) is 14.0 Å². The van der Waals surface area contributed by atoms with Crippen LogP contribution in [-0.4, -0.2) is 26.5 Å². The van der Waals surface area contributed by atoms with E-state index in [-0.39, 0.29) is 16.5 Å². The minimum Gasteiger partial charge on any atom is -0.298 e. The lowest BCUT2D eigenvalue weighted by Crippen LogP contribution is -2.31. The maximum Gasteiger partial charge on any atom is 0.280 e. The summed E-state index contributed by atoms with van der Waals surface area (Å²) in [5.41, 5.74) is 2.40. The highest BCUT2D eigenvalue weighted by atomic mass is 32.1. The molecule has 0 aliphatic rings. The Morgan fingerprint density at radius 1 is 0.969 bits per heavy atom. The summed E-state index contributed by atoms with van der Waals surface area (Å²) in [7, 11) is 1.52. The maximum absolute atomic E-state index is 13.4. The first kappa shape index (κ1) is 21.3. The molecule has 0 saturated heterocycles. The van der Waals surface area contributed by atoms with Gasteiger partial charge in [0.05, 0.1) is 16.3 Å². The predicted octanol–water partition coefficient (Wildman–Crippen LogP) is 4.33. The minimum absolute atomic E-state index is 0.0372. The fourth-order valence-corrected chi connectivity index (χ4v) is 4.32. The van der Waals surface area contributed by atoms with Gasteiger partial charge in [-0.3, -0.25) is 19.7 Å². The molecule has 4 aromatic rings. The predicted molar refractivity (Wildman–Crippen MR) is 125 cm³/mol. The van der Waals surface area contributed by atoms with Crippen LogP contribution in [0.3, 0.4) is 0 Å². The second kappa shape index (κ2) is 8.68. The number of rotatable bonds is 5. The SMILES string of the molecule is CC(=O)c1sc(NC(=O)c2c(-c3ccccc3)c(-c3ccccc3)nn(C)c2=O)nc1C. The fraction of sp³-hybridized carbons (Fsp3) is 0.125. The molecule has 0 aliphatic carbocycles. The number of nitrogens with one attached hydrogen (secondary N) is 1. The zero-order valence-electron chi connectivity index (χ0n) is 17.7. The van der Waals surface area contributed by atoms with Gasteiger partial charge < -0.3 is 0 Å². The van der Waals surface area contributed by atoms with E-state index in [2.05, 4.69) is 15.4 Å². The number of carbonyl (C=O) groups is 2. The molecular formula is C24H20N4O3S. The molecule has 7 nitrogen and oxygen atoms in total. The largest absolute Gasteiger partial charge is 0.298 e. The molecule has 0 saturated carbocycles. The van der Waals surface area contributed by atoms with Crippen LogP contribution in [0.25, 0.3) is 22.4 Å². The van der Waals surface area contributed by atoms with Gasteiger partial charge in [-0.15, -0.1) is 0 Å². The normalized spacial score (nSPS) is 10.7. The molecule has 0 bridgehead atoms.